The van der Waals surface area contributed by atoms with E-state index in [4.69, 9.17) is 9.47 Å². The quantitative estimate of drug-likeness (QED) is 0.842. The average Bonchev–Trinajstić information content (AvgIpc) is 2.79. The van der Waals surface area contributed by atoms with Gasteiger partial charge in [-0.1, -0.05) is 42.5 Å². The third-order valence-corrected chi connectivity index (χ3v) is 5.53. The van der Waals surface area contributed by atoms with Crippen molar-refractivity contribution in [2.45, 2.75) is 25.6 Å². The molecule has 0 atom stereocenters. The van der Waals surface area contributed by atoms with Crippen LogP contribution < -0.4 is 15.0 Å². The van der Waals surface area contributed by atoms with E-state index in [9.17, 15) is 4.79 Å². The summed E-state index contributed by atoms with van der Waals surface area (Å²) in [5.41, 5.74) is 2.12. The Balaban J connectivity index is 1.30. The maximum atomic E-state index is 12.4. The number of rotatable bonds is 5. The standard InChI is InChI=1S/C23H29N3O3/c27-23(28-18-19-6-2-1-3-7-19)26-16-14-25(15-17-26)21-8-4-5-9-22(21)29-20-10-12-24-13-11-20/h1-9,20,24H,10-18H2. The molecule has 0 bridgehead atoms. The topological polar surface area (TPSA) is 54.0 Å². The zero-order chi connectivity index (χ0) is 19.9. The Bertz CT molecular complexity index is 785. The summed E-state index contributed by atoms with van der Waals surface area (Å²) in [6, 6.07) is 18.0. The van der Waals surface area contributed by atoms with Crippen LogP contribution in [-0.4, -0.2) is 56.4 Å². The molecule has 2 aliphatic rings. The number of ether oxygens (including phenoxy) is 2. The first-order valence-corrected chi connectivity index (χ1v) is 10.5. The highest BCUT2D eigenvalue weighted by Gasteiger charge is 2.25. The fourth-order valence-electron chi connectivity index (χ4n) is 3.85. The second-order valence-corrected chi connectivity index (χ2v) is 7.55. The van der Waals surface area contributed by atoms with Gasteiger partial charge in [-0.15, -0.1) is 0 Å². The Kier molecular flexibility index (Phi) is 6.52. The van der Waals surface area contributed by atoms with E-state index in [1.54, 1.807) is 4.90 Å². The number of carbonyl (C=O) groups excluding carboxylic acids is 1. The molecule has 2 aromatic carbocycles. The molecule has 29 heavy (non-hydrogen) atoms. The zero-order valence-corrected chi connectivity index (χ0v) is 16.8. The molecule has 0 aliphatic carbocycles. The van der Waals surface area contributed by atoms with Gasteiger partial charge in [0.1, 0.15) is 18.5 Å². The minimum Gasteiger partial charge on any atom is -0.488 e. The lowest BCUT2D eigenvalue weighted by Crippen LogP contribution is -2.49. The molecule has 0 radical (unpaired) electrons. The highest BCUT2D eigenvalue weighted by Crippen LogP contribution is 2.31. The summed E-state index contributed by atoms with van der Waals surface area (Å²) in [4.78, 5) is 16.5. The number of nitrogens with one attached hydrogen (secondary N) is 1. The van der Waals surface area contributed by atoms with Crippen LogP contribution in [0.4, 0.5) is 10.5 Å². The Labute approximate surface area is 172 Å². The molecule has 0 spiro atoms. The molecule has 2 fully saturated rings. The number of hydrogen-bond acceptors (Lipinski definition) is 5. The Morgan fingerprint density at radius 2 is 1.62 bits per heavy atom. The average molecular weight is 396 g/mol. The first-order valence-electron chi connectivity index (χ1n) is 10.5. The summed E-state index contributed by atoms with van der Waals surface area (Å²) < 4.78 is 11.8. The maximum Gasteiger partial charge on any atom is 0.410 e. The molecule has 0 aromatic heterocycles. The summed E-state index contributed by atoms with van der Waals surface area (Å²) in [6.45, 7) is 5.17. The van der Waals surface area contributed by atoms with Crippen LogP contribution >= 0.6 is 0 Å². The normalized spacial score (nSPS) is 17.8. The van der Waals surface area contributed by atoms with Crippen LogP contribution in [-0.2, 0) is 11.3 Å². The van der Waals surface area contributed by atoms with Gasteiger partial charge in [0.25, 0.3) is 0 Å². The number of para-hydroxylation sites is 2. The number of amides is 1. The van der Waals surface area contributed by atoms with Crippen molar-refractivity contribution in [1.82, 2.24) is 10.2 Å². The van der Waals surface area contributed by atoms with Crippen molar-refractivity contribution < 1.29 is 14.3 Å². The molecule has 2 heterocycles. The Morgan fingerprint density at radius 3 is 2.38 bits per heavy atom. The molecule has 2 aromatic rings. The van der Waals surface area contributed by atoms with Crippen LogP contribution in [0.2, 0.25) is 0 Å². The van der Waals surface area contributed by atoms with Crippen molar-refractivity contribution in [2.75, 3.05) is 44.2 Å². The third-order valence-electron chi connectivity index (χ3n) is 5.53. The summed E-state index contributed by atoms with van der Waals surface area (Å²) >= 11 is 0. The van der Waals surface area contributed by atoms with E-state index in [2.05, 4.69) is 22.3 Å². The lowest BCUT2D eigenvalue weighted by atomic mass is 10.1. The molecule has 4 rings (SSSR count). The van der Waals surface area contributed by atoms with Crippen molar-refractivity contribution in [3.05, 3.63) is 60.2 Å². The number of hydrogen-bond donors (Lipinski definition) is 1. The minimum absolute atomic E-state index is 0.243. The highest BCUT2D eigenvalue weighted by atomic mass is 16.6. The van der Waals surface area contributed by atoms with Crippen molar-refractivity contribution in [2.24, 2.45) is 0 Å². The van der Waals surface area contributed by atoms with Crippen LogP contribution in [0, 0.1) is 0 Å². The van der Waals surface area contributed by atoms with E-state index in [0.29, 0.717) is 19.7 Å². The third kappa shape index (κ3) is 5.21. The van der Waals surface area contributed by atoms with Gasteiger partial charge in [0.2, 0.25) is 0 Å². The van der Waals surface area contributed by atoms with Crippen molar-refractivity contribution in [1.29, 1.82) is 0 Å². The molecular formula is C23H29N3O3. The fraction of sp³-hybridized carbons (Fsp3) is 0.435. The van der Waals surface area contributed by atoms with E-state index in [-0.39, 0.29) is 12.2 Å². The summed E-state index contributed by atoms with van der Waals surface area (Å²) in [6.07, 6.45) is 2.10. The number of carbonyl (C=O) groups is 1. The van der Waals surface area contributed by atoms with Gasteiger partial charge in [-0.05, 0) is 43.6 Å². The molecule has 2 aliphatic heterocycles. The molecule has 2 saturated heterocycles. The number of piperazine rings is 1. The van der Waals surface area contributed by atoms with Gasteiger partial charge in [0, 0.05) is 26.2 Å². The lowest BCUT2D eigenvalue weighted by Gasteiger charge is -2.36. The van der Waals surface area contributed by atoms with Crippen LogP contribution in [0.1, 0.15) is 18.4 Å². The first kappa shape index (κ1) is 19.6. The first-order chi connectivity index (χ1) is 14.3. The van der Waals surface area contributed by atoms with Gasteiger partial charge < -0.3 is 24.6 Å². The zero-order valence-electron chi connectivity index (χ0n) is 16.8. The summed E-state index contributed by atoms with van der Waals surface area (Å²) in [5, 5.41) is 3.37. The number of benzene rings is 2. The predicted octanol–water partition coefficient (Wildman–Crippen LogP) is 3.28. The van der Waals surface area contributed by atoms with Crippen molar-refractivity contribution in [3.8, 4) is 5.75 Å². The van der Waals surface area contributed by atoms with Gasteiger partial charge in [0.05, 0.1) is 5.69 Å². The predicted molar refractivity (Wildman–Crippen MR) is 113 cm³/mol. The Morgan fingerprint density at radius 1 is 0.931 bits per heavy atom. The van der Waals surface area contributed by atoms with Gasteiger partial charge in [0.15, 0.2) is 0 Å². The lowest BCUT2D eigenvalue weighted by molar-refractivity contribution is 0.0941. The number of piperidine rings is 1. The second kappa shape index (κ2) is 9.65. The van der Waals surface area contributed by atoms with Gasteiger partial charge in [-0.25, -0.2) is 4.79 Å². The number of anilines is 1. The summed E-state index contributed by atoms with van der Waals surface area (Å²) in [7, 11) is 0. The van der Waals surface area contributed by atoms with Crippen molar-refractivity contribution in [3.63, 3.8) is 0 Å². The van der Waals surface area contributed by atoms with E-state index in [1.165, 1.54) is 0 Å². The monoisotopic (exact) mass is 395 g/mol. The van der Waals surface area contributed by atoms with Gasteiger partial charge in [-0.2, -0.15) is 0 Å². The largest absolute Gasteiger partial charge is 0.488 e. The maximum absolute atomic E-state index is 12.4. The molecule has 154 valence electrons. The molecular weight excluding hydrogens is 366 g/mol. The van der Waals surface area contributed by atoms with E-state index in [0.717, 1.165) is 56.0 Å². The molecule has 0 unspecified atom stereocenters. The molecule has 6 heteroatoms. The van der Waals surface area contributed by atoms with Crippen LogP contribution in [0.15, 0.2) is 54.6 Å². The fourth-order valence-corrected chi connectivity index (χ4v) is 3.85. The smallest absolute Gasteiger partial charge is 0.410 e. The van der Waals surface area contributed by atoms with E-state index < -0.39 is 0 Å². The molecule has 0 saturated carbocycles. The van der Waals surface area contributed by atoms with Crippen molar-refractivity contribution >= 4 is 11.8 Å². The molecule has 1 N–H and O–H groups in total. The highest BCUT2D eigenvalue weighted by molar-refractivity contribution is 5.68. The Hall–Kier alpha value is -2.73. The van der Waals surface area contributed by atoms with Gasteiger partial charge in [-0.3, -0.25) is 0 Å². The van der Waals surface area contributed by atoms with E-state index in [1.807, 2.05) is 42.5 Å². The van der Waals surface area contributed by atoms with Crippen LogP contribution in [0.3, 0.4) is 0 Å². The minimum atomic E-state index is -0.243. The SMILES string of the molecule is O=C(OCc1ccccc1)N1CCN(c2ccccc2OC2CCNCC2)CC1. The summed E-state index contributed by atoms with van der Waals surface area (Å²) in [5.74, 6) is 0.944. The van der Waals surface area contributed by atoms with E-state index >= 15 is 0 Å². The van der Waals surface area contributed by atoms with Gasteiger partial charge >= 0.3 is 6.09 Å². The molecule has 6 nitrogen and oxygen atoms in total. The van der Waals surface area contributed by atoms with Crippen LogP contribution in [0.25, 0.3) is 0 Å². The number of nitrogens with zero attached hydrogens (tertiary/aromatic N) is 2. The van der Waals surface area contributed by atoms with Crippen LogP contribution in [0.5, 0.6) is 5.75 Å². The second-order valence-electron chi connectivity index (χ2n) is 7.55. The molecule has 1 amide bonds.